The van der Waals surface area contributed by atoms with Gasteiger partial charge in [0, 0.05) is 10.9 Å². The Morgan fingerprint density at radius 3 is 2.67 bits per heavy atom. The lowest BCUT2D eigenvalue weighted by Gasteiger charge is -2.10. The molecule has 0 saturated carbocycles. The Balaban J connectivity index is 2.23. The van der Waals surface area contributed by atoms with Gasteiger partial charge in [-0.15, -0.1) is 0 Å². The van der Waals surface area contributed by atoms with E-state index in [2.05, 4.69) is 15.2 Å². The number of furan rings is 1. The van der Waals surface area contributed by atoms with E-state index in [-0.39, 0.29) is 0 Å². The fourth-order valence-corrected chi connectivity index (χ4v) is 2.33. The monoisotopic (exact) mass is 287 g/mol. The zero-order valence-electron chi connectivity index (χ0n) is 12.3. The highest BCUT2D eigenvalue weighted by Crippen LogP contribution is 2.41. The largest absolute Gasteiger partial charge is 0.490 e. The van der Waals surface area contributed by atoms with Crippen molar-refractivity contribution in [3.05, 3.63) is 24.0 Å². The van der Waals surface area contributed by atoms with Crippen LogP contribution in [0.3, 0.4) is 0 Å². The average Bonchev–Trinajstić information content (AvgIpc) is 3.10. The number of ether oxygens (including phenoxy) is 2. The van der Waals surface area contributed by atoms with Crippen LogP contribution in [-0.2, 0) is 0 Å². The highest BCUT2D eigenvalue weighted by Gasteiger charge is 2.20. The number of aromatic amines is 1. The molecular weight excluding hydrogens is 270 g/mol. The first kappa shape index (κ1) is 13.5. The number of hydrogen-bond acceptors (Lipinski definition) is 5. The summed E-state index contributed by atoms with van der Waals surface area (Å²) in [5, 5.41) is 7.66. The first-order chi connectivity index (χ1) is 10.3. The van der Waals surface area contributed by atoms with Gasteiger partial charge in [0.15, 0.2) is 22.9 Å². The van der Waals surface area contributed by atoms with Crippen molar-refractivity contribution in [3.63, 3.8) is 0 Å². The molecule has 1 N–H and O–H groups in total. The number of fused-ring (bicyclic) bond motifs is 1. The Morgan fingerprint density at radius 2 is 2.00 bits per heavy atom. The topological polar surface area (TPSA) is 73.2 Å². The molecule has 0 fully saturated rings. The lowest BCUT2D eigenvalue weighted by Crippen LogP contribution is -1.98. The molecule has 21 heavy (non-hydrogen) atoms. The third-order valence-corrected chi connectivity index (χ3v) is 3.24. The van der Waals surface area contributed by atoms with E-state index in [1.165, 1.54) is 6.33 Å². The molecule has 0 amide bonds. The Bertz CT molecular complexity index is 747. The molecule has 0 spiro atoms. The Labute approximate surface area is 122 Å². The van der Waals surface area contributed by atoms with Crippen molar-refractivity contribution in [2.75, 3.05) is 13.2 Å². The molecule has 3 rings (SSSR count). The lowest BCUT2D eigenvalue weighted by atomic mass is 10.1. The summed E-state index contributed by atoms with van der Waals surface area (Å²) < 4.78 is 17.3. The Kier molecular flexibility index (Phi) is 3.51. The van der Waals surface area contributed by atoms with Crippen molar-refractivity contribution in [1.29, 1.82) is 0 Å². The second-order valence-corrected chi connectivity index (χ2v) is 4.53. The molecule has 0 aliphatic rings. The maximum Gasteiger partial charge on any atom is 0.204 e. The molecule has 0 unspecified atom stereocenters. The van der Waals surface area contributed by atoms with Gasteiger partial charge in [-0.2, -0.15) is 5.10 Å². The molecule has 0 bridgehead atoms. The summed E-state index contributed by atoms with van der Waals surface area (Å²) in [6, 6.07) is 3.88. The molecule has 1 aromatic carbocycles. The first-order valence-electron chi connectivity index (χ1n) is 6.93. The number of nitrogens with zero attached hydrogens (tertiary/aromatic N) is 2. The van der Waals surface area contributed by atoms with Gasteiger partial charge in [-0.25, -0.2) is 4.98 Å². The van der Waals surface area contributed by atoms with Gasteiger partial charge in [-0.1, -0.05) is 0 Å². The third kappa shape index (κ3) is 2.22. The van der Waals surface area contributed by atoms with Crippen LogP contribution >= 0.6 is 0 Å². The van der Waals surface area contributed by atoms with Crippen molar-refractivity contribution in [2.24, 2.45) is 0 Å². The predicted octanol–water partition coefficient (Wildman–Crippen LogP) is 3.32. The molecule has 3 aromatic rings. The number of aryl methyl sites for hydroxylation is 1. The number of benzene rings is 1. The first-order valence-corrected chi connectivity index (χ1v) is 6.93. The number of H-pyrrole nitrogens is 1. The normalized spacial score (nSPS) is 11.0. The molecule has 2 heterocycles. The minimum atomic E-state index is 0.538. The van der Waals surface area contributed by atoms with Gasteiger partial charge >= 0.3 is 0 Å². The van der Waals surface area contributed by atoms with Crippen molar-refractivity contribution in [2.45, 2.75) is 20.8 Å². The zero-order valence-corrected chi connectivity index (χ0v) is 12.3. The Hall–Kier alpha value is -2.50. The molecule has 0 aliphatic carbocycles. The van der Waals surface area contributed by atoms with Crippen LogP contribution < -0.4 is 9.47 Å². The molecular formula is C15H17N3O3. The van der Waals surface area contributed by atoms with E-state index in [4.69, 9.17) is 13.9 Å². The number of nitrogens with one attached hydrogen (secondary N) is 1. The second kappa shape index (κ2) is 5.47. The van der Waals surface area contributed by atoms with Crippen LogP contribution in [0.1, 0.15) is 19.4 Å². The summed E-state index contributed by atoms with van der Waals surface area (Å²) in [6.07, 6.45) is 1.46. The number of rotatable bonds is 5. The van der Waals surface area contributed by atoms with E-state index in [1.807, 2.05) is 32.9 Å². The number of hydrogen-bond donors (Lipinski definition) is 1. The summed E-state index contributed by atoms with van der Waals surface area (Å²) in [5.74, 6) is 2.58. The average molecular weight is 287 g/mol. The van der Waals surface area contributed by atoms with Gasteiger partial charge < -0.3 is 13.9 Å². The molecule has 0 atom stereocenters. The zero-order chi connectivity index (χ0) is 14.8. The van der Waals surface area contributed by atoms with Gasteiger partial charge in [0.25, 0.3) is 0 Å². The maximum atomic E-state index is 5.98. The van der Waals surface area contributed by atoms with Crippen LogP contribution in [-0.4, -0.2) is 28.4 Å². The van der Waals surface area contributed by atoms with Crippen molar-refractivity contribution in [3.8, 4) is 23.1 Å². The quantitative estimate of drug-likeness (QED) is 0.779. The van der Waals surface area contributed by atoms with Gasteiger partial charge in [0.1, 0.15) is 6.33 Å². The predicted molar refractivity (Wildman–Crippen MR) is 78.7 cm³/mol. The minimum Gasteiger partial charge on any atom is -0.490 e. The van der Waals surface area contributed by atoms with E-state index in [0.717, 1.165) is 10.9 Å². The fraction of sp³-hybridized carbons (Fsp3) is 0.333. The van der Waals surface area contributed by atoms with Crippen molar-refractivity contribution >= 4 is 11.0 Å². The van der Waals surface area contributed by atoms with E-state index >= 15 is 0 Å². The highest BCUT2D eigenvalue weighted by molar-refractivity contribution is 5.92. The molecule has 0 radical (unpaired) electrons. The van der Waals surface area contributed by atoms with Gasteiger partial charge in [0.2, 0.25) is 5.75 Å². The summed E-state index contributed by atoms with van der Waals surface area (Å²) in [7, 11) is 0. The van der Waals surface area contributed by atoms with Crippen LogP contribution in [0.2, 0.25) is 0 Å². The maximum absolute atomic E-state index is 5.98. The molecule has 110 valence electrons. The standard InChI is InChI=1S/C15H17N3O3/c1-4-19-11-7-6-10-9(3)12(15-16-8-17-18-15)21-13(10)14(11)20-5-2/h6-8H,4-5H2,1-3H3,(H,16,17,18). The third-order valence-electron chi connectivity index (χ3n) is 3.24. The summed E-state index contributed by atoms with van der Waals surface area (Å²) >= 11 is 0. The SMILES string of the molecule is CCOc1ccc2c(C)c(-c3ncn[nH]3)oc2c1OCC. The Morgan fingerprint density at radius 1 is 1.19 bits per heavy atom. The van der Waals surface area contributed by atoms with Crippen LogP contribution in [0.25, 0.3) is 22.6 Å². The van der Waals surface area contributed by atoms with E-state index < -0.39 is 0 Å². The van der Waals surface area contributed by atoms with E-state index in [1.54, 1.807) is 0 Å². The molecule has 6 heteroatoms. The van der Waals surface area contributed by atoms with Crippen LogP contribution in [0, 0.1) is 6.92 Å². The molecule has 2 aromatic heterocycles. The fourth-order valence-electron chi connectivity index (χ4n) is 2.33. The van der Waals surface area contributed by atoms with Gasteiger partial charge in [-0.05, 0) is 32.9 Å². The summed E-state index contributed by atoms with van der Waals surface area (Å²) in [5.41, 5.74) is 1.66. The van der Waals surface area contributed by atoms with Crippen molar-refractivity contribution in [1.82, 2.24) is 15.2 Å². The molecule has 6 nitrogen and oxygen atoms in total. The highest BCUT2D eigenvalue weighted by atomic mass is 16.5. The second-order valence-electron chi connectivity index (χ2n) is 4.53. The lowest BCUT2D eigenvalue weighted by molar-refractivity contribution is 0.287. The summed E-state index contributed by atoms with van der Waals surface area (Å²) in [4.78, 5) is 4.14. The van der Waals surface area contributed by atoms with E-state index in [0.29, 0.717) is 41.9 Å². The van der Waals surface area contributed by atoms with Crippen LogP contribution in [0.4, 0.5) is 0 Å². The van der Waals surface area contributed by atoms with Gasteiger partial charge in [-0.3, -0.25) is 5.10 Å². The minimum absolute atomic E-state index is 0.538. The van der Waals surface area contributed by atoms with Gasteiger partial charge in [0.05, 0.1) is 13.2 Å². The molecule has 0 saturated heterocycles. The smallest absolute Gasteiger partial charge is 0.204 e. The molecule has 0 aliphatic heterocycles. The van der Waals surface area contributed by atoms with E-state index in [9.17, 15) is 0 Å². The summed E-state index contributed by atoms with van der Waals surface area (Å²) in [6.45, 7) is 6.96. The van der Waals surface area contributed by atoms with Crippen LogP contribution in [0.5, 0.6) is 11.5 Å². The van der Waals surface area contributed by atoms with Crippen LogP contribution in [0.15, 0.2) is 22.9 Å². The van der Waals surface area contributed by atoms with Crippen molar-refractivity contribution < 1.29 is 13.9 Å². The number of aromatic nitrogens is 3.